The third kappa shape index (κ3) is 4.96. The lowest BCUT2D eigenvalue weighted by Gasteiger charge is -2.36. The predicted molar refractivity (Wildman–Crippen MR) is 121 cm³/mol. The van der Waals surface area contributed by atoms with E-state index in [1.807, 2.05) is 12.1 Å². The van der Waals surface area contributed by atoms with E-state index in [4.69, 9.17) is 4.74 Å². The number of nitrogens with zero attached hydrogens (tertiary/aromatic N) is 2. The minimum Gasteiger partial charge on any atom is -0.497 e. The second-order valence-electron chi connectivity index (χ2n) is 8.49. The number of piperazine rings is 1. The average molecular weight is 408 g/mol. The fourth-order valence-corrected chi connectivity index (χ4v) is 4.55. The van der Waals surface area contributed by atoms with Crippen molar-refractivity contribution in [3.05, 3.63) is 59.2 Å². The summed E-state index contributed by atoms with van der Waals surface area (Å²) in [5, 5.41) is 3.20. The van der Waals surface area contributed by atoms with E-state index in [9.17, 15) is 4.79 Å². The third-order valence-electron chi connectivity index (χ3n) is 6.43. The van der Waals surface area contributed by atoms with Gasteiger partial charge in [-0.3, -0.25) is 9.69 Å². The van der Waals surface area contributed by atoms with Crippen LogP contribution in [0, 0.1) is 0 Å². The van der Waals surface area contributed by atoms with Crippen LogP contribution in [0.2, 0.25) is 0 Å². The first-order chi connectivity index (χ1) is 14.6. The van der Waals surface area contributed by atoms with Crippen LogP contribution in [0.4, 0.5) is 5.69 Å². The zero-order valence-electron chi connectivity index (χ0n) is 18.2. The van der Waals surface area contributed by atoms with Gasteiger partial charge in [0.25, 0.3) is 0 Å². The molecule has 1 aliphatic carbocycles. The quantitative estimate of drug-likeness (QED) is 0.795. The van der Waals surface area contributed by atoms with Crippen molar-refractivity contribution in [2.75, 3.05) is 44.7 Å². The number of rotatable bonds is 6. The van der Waals surface area contributed by atoms with Gasteiger partial charge in [-0.05, 0) is 73.6 Å². The van der Waals surface area contributed by atoms with Crippen LogP contribution in [0.3, 0.4) is 0 Å². The largest absolute Gasteiger partial charge is 0.497 e. The van der Waals surface area contributed by atoms with E-state index >= 15 is 0 Å². The molecule has 1 N–H and O–H groups in total. The fourth-order valence-electron chi connectivity index (χ4n) is 4.55. The van der Waals surface area contributed by atoms with Gasteiger partial charge in [-0.15, -0.1) is 0 Å². The van der Waals surface area contributed by atoms with Crippen molar-refractivity contribution in [3.63, 3.8) is 0 Å². The van der Waals surface area contributed by atoms with Gasteiger partial charge in [0.1, 0.15) is 5.75 Å². The lowest BCUT2D eigenvalue weighted by Crippen LogP contribution is -2.49. The van der Waals surface area contributed by atoms with Crippen LogP contribution in [0.1, 0.15) is 42.5 Å². The molecule has 1 aliphatic heterocycles. The number of carbonyl (C=O) groups is 1. The van der Waals surface area contributed by atoms with Crippen molar-refractivity contribution in [1.82, 2.24) is 10.2 Å². The Balaban J connectivity index is 1.25. The predicted octanol–water partition coefficient (Wildman–Crippen LogP) is 3.57. The van der Waals surface area contributed by atoms with Gasteiger partial charge in [-0.1, -0.05) is 18.2 Å². The van der Waals surface area contributed by atoms with E-state index in [2.05, 4.69) is 52.4 Å². The number of carbonyl (C=O) groups excluding carboxylic acids is 1. The maximum Gasteiger partial charge on any atom is 0.234 e. The van der Waals surface area contributed by atoms with Gasteiger partial charge in [0.2, 0.25) is 5.91 Å². The molecule has 1 amide bonds. The fraction of sp³-hybridized carbons (Fsp3) is 0.480. The van der Waals surface area contributed by atoms with Gasteiger partial charge in [-0.25, -0.2) is 0 Å². The van der Waals surface area contributed by atoms with Gasteiger partial charge < -0.3 is 15.0 Å². The van der Waals surface area contributed by atoms with Crippen molar-refractivity contribution < 1.29 is 9.53 Å². The average Bonchev–Trinajstić information content (AvgIpc) is 2.79. The van der Waals surface area contributed by atoms with Gasteiger partial charge in [-0.2, -0.15) is 0 Å². The number of benzene rings is 2. The first kappa shape index (κ1) is 20.7. The highest BCUT2D eigenvalue weighted by Gasteiger charge is 2.20. The third-order valence-corrected chi connectivity index (χ3v) is 6.43. The van der Waals surface area contributed by atoms with Crippen LogP contribution >= 0.6 is 0 Å². The molecule has 1 fully saturated rings. The van der Waals surface area contributed by atoms with Crippen LogP contribution in [0.25, 0.3) is 0 Å². The smallest absolute Gasteiger partial charge is 0.234 e. The van der Waals surface area contributed by atoms with Crippen molar-refractivity contribution in [1.29, 1.82) is 0 Å². The van der Waals surface area contributed by atoms with Crippen LogP contribution < -0.4 is 15.0 Å². The van der Waals surface area contributed by atoms with E-state index in [-0.39, 0.29) is 11.9 Å². The Bertz CT molecular complexity index is 857. The number of amides is 1. The molecule has 1 saturated heterocycles. The summed E-state index contributed by atoms with van der Waals surface area (Å²) in [6, 6.07) is 15.0. The highest BCUT2D eigenvalue weighted by atomic mass is 16.5. The Labute approximate surface area is 180 Å². The van der Waals surface area contributed by atoms with Gasteiger partial charge in [0.15, 0.2) is 0 Å². The van der Waals surface area contributed by atoms with Gasteiger partial charge in [0, 0.05) is 31.9 Å². The molecule has 0 aromatic heterocycles. The first-order valence-electron chi connectivity index (χ1n) is 11.1. The Hall–Kier alpha value is -2.53. The molecule has 160 valence electrons. The summed E-state index contributed by atoms with van der Waals surface area (Å²) >= 11 is 0. The lowest BCUT2D eigenvalue weighted by molar-refractivity contribution is -0.123. The minimum atomic E-state index is 0.0466. The van der Waals surface area contributed by atoms with Crippen LogP contribution in [-0.4, -0.2) is 50.6 Å². The maximum atomic E-state index is 12.6. The monoisotopic (exact) mass is 407 g/mol. The van der Waals surface area contributed by atoms with E-state index < -0.39 is 0 Å². The molecule has 5 heteroatoms. The second-order valence-corrected chi connectivity index (χ2v) is 8.49. The zero-order valence-corrected chi connectivity index (χ0v) is 18.2. The molecule has 2 aliphatic rings. The van der Waals surface area contributed by atoms with Crippen molar-refractivity contribution >= 4 is 11.6 Å². The molecular formula is C25H33N3O2. The summed E-state index contributed by atoms with van der Waals surface area (Å²) in [6.45, 7) is 6.20. The minimum absolute atomic E-state index is 0.0466. The van der Waals surface area contributed by atoms with E-state index in [0.29, 0.717) is 6.54 Å². The molecule has 1 atom stereocenters. The molecule has 4 rings (SSSR count). The Kier molecular flexibility index (Phi) is 6.58. The molecule has 0 unspecified atom stereocenters. The molecule has 5 nitrogen and oxygen atoms in total. The molecule has 0 bridgehead atoms. The summed E-state index contributed by atoms with van der Waals surface area (Å²) in [4.78, 5) is 17.2. The Morgan fingerprint density at radius 1 is 1.00 bits per heavy atom. The molecule has 0 saturated carbocycles. The SMILES string of the molecule is COc1ccc(N2CCN(CC(=O)N[C@@H](C)c3ccc4c(c3)CCCC4)CC2)cc1. The van der Waals surface area contributed by atoms with Crippen molar-refractivity contribution in [2.45, 2.75) is 38.6 Å². The van der Waals surface area contributed by atoms with Crippen molar-refractivity contribution in [2.24, 2.45) is 0 Å². The summed E-state index contributed by atoms with van der Waals surface area (Å²) in [5.74, 6) is 0.986. The van der Waals surface area contributed by atoms with Crippen LogP contribution in [0.5, 0.6) is 5.75 Å². The summed E-state index contributed by atoms with van der Waals surface area (Å²) in [7, 11) is 1.69. The molecular weight excluding hydrogens is 374 g/mol. The number of hydrogen-bond acceptors (Lipinski definition) is 4. The lowest BCUT2D eigenvalue weighted by atomic mass is 9.89. The van der Waals surface area contributed by atoms with Gasteiger partial charge >= 0.3 is 0 Å². The number of fused-ring (bicyclic) bond motifs is 1. The normalized spacial score (nSPS) is 17.9. The van der Waals surface area contributed by atoms with Gasteiger partial charge in [0.05, 0.1) is 19.7 Å². The number of aryl methyl sites for hydroxylation is 2. The molecule has 0 spiro atoms. The highest BCUT2D eigenvalue weighted by molar-refractivity contribution is 5.78. The molecule has 2 aromatic rings. The number of anilines is 1. The van der Waals surface area contributed by atoms with E-state index in [0.717, 1.165) is 31.9 Å². The topological polar surface area (TPSA) is 44.8 Å². The zero-order chi connectivity index (χ0) is 20.9. The summed E-state index contributed by atoms with van der Waals surface area (Å²) in [6.07, 6.45) is 4.94. The molecule has 1 heterocycles. The number of nitrogens with one attached hydrogen (secondary N) is 1. The molecule has 30 heavy (non-hydrogen) atoms. The standard InChI is InChI=1S/C25H33N3O2/c1-19(21-8-7-20-5-3-4-6-22(20)17-21)26-25(29)18-27-13-15-28(16-14-27)23-9-11-24(30-2)12-10-23/h7-12,17,19H,3-6,13-16,18H2,1-2H3,(H,26,29)/t19-/m0/s1. The summed E-state index contributed by atoms with van der Waals surface area (Å²) in [5.41, 5.74) is 5.38. The van der Waals surface area contributed by atoms with Crippen LogP contribution in [0.15, 0.2) is 42.5 Å². The number of methoxy groups -OCH3 is 1. The number of hydrogen-bond donors (Lipinski definition) is 1. The van der Waals surface area contributed by atoms with E-state index in [1.165, 1.54) is 48.1 Å². The molecule has 2 aromatic carbocycles. The second kappa shape index (κ2) is 9.52. The van der Waals surface area contributed by atoms with Crippen LogP contribution in [-0.2, 0) is 17.6 Å². The Morgan fingerprint density at radius 2 is 1.70 bits per heavy atom. The van der Waals surface area contributed by atoms with Crippen molar-refractivity contribution in [3.8, 4) is 5.75 Å². The highest BCUT2D eigenvalue weighted by Crippen LogP contribution is 2.25. The molecule has 0 radical (unpaired) electrons. The first-order valence-corrected chi connectivity index (χ1v) is 11.1. The Morgan fingerprint density at radius 3 is 2.40 bits per heavy atom. The van der Waals surface area contributed by atoms with E-state index in [1.54, 1.807) is 7.11 Å². The maximum absolute atomic E-state index is 12.6. The summed E-state index contributed by atoms with van der Waals surface area (Å²) < 4.78 is 5.24. The number of ether oxygens (including phenoxy) is 1.